The normalized spacial score (nSPS) is 22.2. The second kappa shape index (κ2) is 10.7. The van der Waals surface area contributed by atoms with E-state index in [1.54, 1.807) is 6.20 Å². The highest BCUT2D eigenvalue weighted by molar-refractivity contribution is 5.84. The summed E-state index contributed by atoms with van der Waals surface area (Å²) in [6, 6.07) is 8.16. The molecule has 1 atom stereocenters. The maximum atomic E-state index is 13.3. The lowest BCUT2D eigenvalue weighted by molar-refractivity contribution is -0.142. The third-order valence-electron chi connectivity index (χ3n) is 6.79. The fourth-order valence-electron chi connectivity index (χ4n) is 5.01. The van der Waals surface area contributed by atoms with Crippen LogP contribution in [0.2, 0.25) is 0 Å². The molecule has 1 saturated heterocycles. The van der Waals surface area contributed by atoms with Gasteiger partial charge in [0.05, 0.1) is 18.2 Å². The van der Waals surface area contributed by atoms with E-state index >= 15 is 0 Å². The van der Waals surface area contributed by atoms with Gasteiger partial charge in [-0.3, -0.25) is 14.7 Å². The molecule has 2 aromatic rings. The first kappa shape index (κ1) is 22.4. The van der Waals surface area contributed by atoms with E-state index < -0.39 is 5.41 Å². The fraction of sp³-hybridized carbons (Fsp3) is 0.560. The lowest BCUT2D eigenvalue weighted by atomic mass is 9.74. The maximum absolute atomic E-state index is 13.3. The van der Waals surface area contributed by atoms with Crippen molar-refractivity contribution in [3.8, 4) is 5.75 Å². The van der Waals surface area contributed by atoms with Crippen molar-refractivity contribution in [2.45, 2.75) is 57.8 Å². The van der Waals surface area contributed by atoms with Gasteiger partial charge in [0.25, 0.3) is 0 Å². The van der Waals surface area contributed by atoms with Crippen LogP contribution >= 0.6 is 0 Å². The highest BCUT2D eigenvalue weighted by Gasteiger charge is 2.42. The van der Waals surface area contributed by atoms with E-state index in [9.17, 15) is 9.59 Å². The molecule has 0 bridgehead atoms. The number of aromatic amines is 1. The minimum atomic E-state index is -0.489. The van der Waals surface area contributed by atoms with Gasteiger partial charge in [-0.2, -0.15) is 5.10 Å². The van der Waals surface area contributed by atoms with Crippen LogP contribution in [0.15, 0.2) is 36.7 Å². The number of nitrogens with one attached hydrogen (secondary N) is 2. The molecule has 2 aliphatic heterocycles. The smallest absolute Gasteiger partial charge is 0.228 e. The molecule has 7 heteroatoms. The summed E-state index contributed by atoms with van der Waals surface area (Å²) < 4.78 is 5.93. The van der Waals surface area contributed by atoms with Crippen molar-refractivity contribution in [3.63, 3.8) is 0 Å². The lowest BCUT2D eigenvalue weighted by Crippen LogP contribution is -2.54. The third-order valence-corrected chi connectivity index (χ3v) is 6.79. The quantitative estimate of drug-likeness (QED) is 0.767. The molecule has 1 aromatic carbocycles. The number of para-hydroxylation sites is 1. The van der Waals surface area contributed by atoms with Gasteiger partial charge in [-0.15, -0.1) is 0 Å². The van der Waals surface area contributed by atoms with Gasteiger partial charge in [0.2, 0.25) is 11.8 Å². The molecule has 1 spiro atoms. The molecular weight excluding hydrogens is 404 g/mol. The van der Waals surface area contributed by atoms with Gasteiger partial charge >= 0.3 is 0 Å². The van der Waals surface area contributed by atoms with Crippen LogP contribution in [0.5, 0.6) is 5.75 Å². The van der Waals surface area contributed by atoms with E-state index in [2.05, 4.69) is 27.6 Å². The van der Waals surface area contributed by atoms with Crippen molar-refractivity contribution >= 4 is 11.8 Å². The predicted molar refractivity (Wildman–Crippen MR) is 122 cm³/mol. The Bertz CT molecular complexity index is 898. The van der Waals surface area contributed by atoms with E-state index in [-0.39, 0.29) is 11.8 Å². The van der Waals surface area contributed by atoms with Crippen LogP contribution in [0.1, 0.15) is 56.1 Å². The molecule has 0 aliphatic carbocycles. The Morgan fingerprint density at radius 3 is 2.94 bits per heavy atom. The number of fused-ring (bicyclic) bond motifs is 1. The van der Waals surface area contributed by atoms with E-state index in [0.717, 1.165) is 69.2 Å². The number of carbonyl (C=O) groups is 2. The molecule has 172 valence electrons. The first-order chi connectivity index (χ1) is 15.7. The van der Waals surface area contributed by atoms with Crippen LogP contribution in [0, 0.1) is 5.41 Å². The molecule has 1 unspecified atom stereocenters. The van der Waals surface area contributed by atoms with Gasteiger partial charge < -0.3 is 15.0 Å². The summed E-state index contributed by atoms with van der Waals surface area (Å²) in [5.41, 5.74) is 1.86. The number of amides is 2. The van der Waals surface area contributed by atoms with Gasteiger partial charge in [-0.1, -0.05) is 24.6 Å². The molecule has 0 radical (unpaired) electrons. The molecule has 4 rings (SSSR count). The predicted octanol–water partition coefficient (Wildman–Crippen LogP) is 3.26. The zero-order chi connectivity index (χ0) is 22.2. The minimum Gasteiger partial charge on any atom is -0.491 e. The van der Waals surface area contributed by atoms with Crippen molar-refractivity contribution in [1.82, 2.24) is 20.4 Å². The number of hydrogen-bond acceptors (Lipinski definition) is 4. The SMILES string of the molecule is O=C(CCCc1cn[nH]c1)N1CCCC2(CCCCc3ccccc3OCCNC2=O)C1. The van der Waals surface area contributed by atoms with Gasteiger partial charge in [0.1, 0.15) is 12.4 Å². The monoisotopic (exact) mass is 438 g/mol. The number of benzene rings is 1. The fourth-order valence-corrected chi connectivity index (χ4v) is 5.01. The van der Waals surface area contributed by atoms with Crippen LogP contribution in [-0.2, 0) is 22.4 Å². The number of H-pyrrole nitrogens is 1. The largest absolute Gasteiger partial charge is 0.491 e. The average molecular weight is 439 g/mol. The van der Waals surface area contributed by atoms with Crippen LogP contribution in [0.25, 0.3) is 0 Å². The Morgan fingerprint density at radius 2 is 2.06 bits per heavy atom. The Morgan fingerprint density at radius 1 is 1.19 bits per heavy atom. The number of hydrogen-bond donors (Lipinski definition) is 2. The number of carbonyl (C=O) groups excluding carboxylic acids is 2. The molecule has 32 heavy (non-hydrogen) atoms. The number of aryl methyl sites for hydroxylation is 2. The van der Waals surface area contributed by atoms with Crippen LogP contribution < -0.4 is 10.1 Å². The zero-order valence-corrected chi connectivity index (χ0v) is 18.8. The Hall–Kier alpha value is -2.83. The molecule has 1 fully saturated rings. The highest BCUT2D eigenvalue weighted by Crippen LogP contribution is 2.36. The van der Waals surface area contributed by atoms with Gasteiger partial charge in [0, 0.05) is 25.7 Å². The number of nitrogens with zero attached hydrogens (tertiary/aromatic N) is 2. The second-order valence-corrected chi connectivity index (χ2v) is 9.08. The van der Waals surface area contributed by atoms with Crippen LogP contribution in [-0.4, -0.2) is 53.2 Å². The molecule has 7 nitrogen and oxygen atoms in total. The minimum absolute atomic E-state index is 0.0749. The molecule has 2 aliphatic rings. The topological polar surface area (TPSA) is 87.3 Å². The van der Waals surface area contributed by atoms with Gasteiger partial charge in [0.15, 0.2) is 0 Å². The lowest BCUT2D eigenvalue weighted by Gasteiger charge is -2.42. The van der Waals surface area contributed by atoms with Crippen LogP contribution in [0.4, 0.5) is 0 Å². The molecule has 3 heterocycles. The number of piperidine rings is 1. The van der Waals surface area contributed by atoms with E-state index in [4.69, 9.17) is 4.74 Å². The van der Waals surface area contributed by atoms with E-state index in [0.29, 0.717) is 26.1 Å². The highest BCUT2D eigenvalue weighted by atomic mass is 16.5. The Labute approximate surface area is 189 Å². The summed E-state index contributed by atoms with van der Waals surface area (Å²) in [5.74, 6) is 1.15. The average Bonchev–Trinajstić information content (AvgIpc) is 3.33. The van der Waals surface area contributed by atoms with Gasteiger partial charge in [-0.25, -0.2) is 0 Å². The summed E-state index contributed by atoms with van der Waals surface area (Å²) in [6.45, 7) is 2.21. The van der Waals surface area contributed by atoms with Crippen LogP contribution in [0.3, 0.4) is 0 Å². The van der Waals surface area contributed by atoms with Crippen molar-refractivity contribution in [3.05, 3.63) is 47.8 Å². The van der Waals surface area contributed by atoms with Gasteiger partial charge in [-0.05, 0) is 62.1 Å². The molecular formula is C25H34N4O3. The molecule has 2 amide bonds. The third kappa shape index (κ3) is 5.50. The summed E-state index contributed by atoms with van der Waals surface area (Å²) in [4.78, 5) is 28.1. The number of ether oxygens (including phenoxy) is 1. The number of rotatable bonds is 4. The molecule has 2 N–H and O–H groups in total. The van der Waals surface area contributed by atoms with Crippen molar-refractivity contribution in [2.75, 3.05) is 26.2 Å². The summed E-state index contributed by atoms with van der Waals surface area (Å²) in [5, 5.41) is 9.87. The summed E-state index contributed by atoms with van der Waals surface area (Å²) >= 11 is 0. The van der Waals surface area contributed by atoms with Crippen molar-refractivity contribution in [1.29, 1.82) is 0 Å². The molecule has 0 saturated carbocycles. The Balaban J connectivity index is 1.37. The first-order valence-electron chi connectivity index (χ1n) is 11.9. The van der Waals surface area contributed by atoms with Crippen molar-refractivity contribution < 1.29 is 14.3 Å². The van der Waals surface area contributed by atoms with E-state index in [1.165, 1.54) is 5.56 Å². The number of likely N-dealkylation sites (tertiary alicyclic amines) is 1. The summed E-state index contributed by atoms with van der Waals surface area (Å²) in [6.07, 6.45) is 11.3. The van der Waals surface area contributed by atoms with E-state index in [1.807, 2.05) is 23.2 Å². The first-order valence-corrected chi connectivity index (χ1v) is 11.9. The standard InChI is InChI=1S/C25H34N4O3/c30-23(11-5-7-20-17-27-28-18-20)29-15-6-13-25(19-29)12-4-3-9-21-8-1-2-10-22(21)32-16-14-26-24(25)31/h1-2,8,10,17-18H,3-7,9,11-16,19H2,(H,26,31)(H,27,28). The maximum Gasteiger partial charge on any atom is 0.228 e. The summed E-state index contributed by atoms with van der Waals surface area (Å²) in [7, 11) is 0. The second-order valence-electron chi connectivity index (χ2n) is 9.08. The Kier molecular flexibility index (Phi) is 7.45. The molecule has 1 aromatic heterocycles. The van der Waals surface area contributed by atoms with Crippen molar-refractivity contribution in [2.24, 2.45) is 5.41 Å². The zero-order valence-electron chi connectivity index (χ0n) is 18.8. The number of aromatic nitrogens is 2.